The summed E-state index contributed by atoms with van der Waals surface area (Å²) in [5.74, 6) is 0.654. The third-order valence-electron chi connectivity index (χ3n) is 1.57. The van der Waals surface area contributed by atoms with Crippen LogP contribution in [0.3, 0.4) is 0 Å². The van der Waals surface area contributed by atoms with Gasteiger partial charge in [0.1, 0.15) is 0 Å². The van der Waals surface area contributed by atoms with Crippen LogP contribution in [0.25, 0.3) is 0 Å². The van der Waals surface area contributed by atoms with E-state index in [0.717, 1.165) is 6.54 Å². The maximum atomic E-state index is 9.07. The molecule has 0 bridgehead atoms. The lowest BCUT2D eigenvalue weighted by Crippen LogP contribution is -2.37. The first-order valence-electron chi connectivity index (χ1n) is 3.95. The molecular weight excluding hydrogens is 126 g/mol. The van der Waals surface area contributed by atoms with Crippen molar-refractivity contribution in [3.05, 3.63) is 0 Å². The summed E-state index contributed by atoms with van der Waals surface area (Å²) in [5, 5.41) is 12.3. The minimum Gasteiger partial charge on any atom is -0.392 e. The maximum absolute atomic E-state index is 9.07. The fourth-order valence-electron chi connectivity index (χ4n) is 0.592. The second-order valence-electron chi connectivity index (χ2n) is 3.33. The Bertz CT molecular complexity index is 81.3. The third-order valence-corrected chi connectivity index (χ3v) is 1.57. The summed E-state index contributed by atoms with van der Waals surface area (Å²) < 4.78 is 0. The fourth-order valence-corrected chi connectivity index (χ4v) is 0.592. The Morgan fingerprint density at radius 3 is 2.00 bits per heavy atom. The van der Waals surface area contributed by atoms with Crippen LogP contribution >= 0.6 is 0 Å². The van der Waals surface area contributed by atoms with E-state index in [1.165, 1.54) is 0 Å². The summed E-state index contributed by atoms with van der Waals surface area (Å²) in [6, 6.07) is 0.211. The van der Waals surface area contributed by atoms with Gasteiger partial charge >= 0.3 is 0 Å². The highest BCUT2D eigenvalue weighted by Gasteiger charge is 2.06. The third kappa shape index (κ3) is 4.77. The van der Waals surface area contributed by atoms with E-state index in [9.17, 15) is 0 Å². The van der Waals surface area contributed by atoms with Crippen molar-refractivity contribution in [2.45, 2.75) is 39.8 Å². The summed E-state index contributed by atoms with van der Waals surface area (Å²) in [6.45, 7) is 9.08. The van der Waals surface area contributed by atoms with Crippen LogP contribution in [-0.4, -0.2) is 23.8 Å². The molecule has 2 atom stereocenters. The van der Waals surface area contributed by atoms with Gasteiger partial charge in [0, 0.05) is 6.04 Å². The predicted octanol–water partition coefficient (Wildman–Crippen LogP) is 1.00. The van der Waals surface area contributed by atoms with E-state index in [2.05, 4.69) is 19.2 Å². The normalized spacial score (nSPS) is 17.4. The second-order valence-corrected chi connectivity index (χ2v) is 3.33. The first kappa shape index (κ1) is 9.92. The van der Waals surface area contributed by atoms with Crippen LogP contribution < -0.4 is 5.32 Å². The van der Waals surface area contributed by atoms with Crippen molar-refractivity contribution in [1.82, 2.24) is 5.32 Å². The van der Waals surface area contributed by atoms with Gasteiger partial charge in [-0.3, -0.25) is 0 Å². The van der Waals surface area contributed by atoms with Crippen molar-refractivity contribution in [2.75, 3.05) is 6.54 Å². The van der Waals surface area contributed by atoms with Crippen LogP contribution in [0.15, 0.2) is 0 Å². The number of aliphatic hydroxyl groups excluding tert-OH is 1. The Hall–Kier alpha value is -0.0800. The molecule has 0 saturated carbocycles. The van der Waals surface area contributed by atoms with Crippen LogP contribution in [0.1, 0.15) is 27.7 Å². The molecule has 0 aliphatic heterocycles. The van der Waals surface area contributed by atoms with Gasteiger partial charge in [0.25, 0.3) is 0 Å². The standard InChI is InChI=1S/C8H19NO/c1-6(2)5-9-7(3)8(4)10/h6-10H,5H2,1-4H3/t7-,8-/m1/s1. The Kier molecular flexibility index (Phi) is 4.65. The van der Waals surface area contributed by atoms with Crippen molar-refractivity contribution < 1.29 is 5.11 Å². The van der Waals surface area contributed by atoms with Gasteiger partial charge < -0.3 is 10.4 Å². The van der Waals surface area contributed by atoms with Gasteiger partial charge in [-0.1, -0.05) is 13.8 Å². The van der Waals surface area contributed by atoms with Gasteiger partial charge in [0.05, 0.1) is 6.10 Å². The largest absolute Gasteiger partial charge is 0.392 e. The molecule has 2 heteroatoms. The summed E-state index contributed by atoms with van der Waals surface area (Å²) in [6.07, 6.45) is -0.251. The summed E-state index contributed by atoms with van der Waals surface area (Å²) in [5.41, 5.74) is 0. The SMILES string of the molecule is CC(C)CN[C@H](C)[C@@H](C)O. The van der Waals surface area contributed by atoms with Crippen LogP contribution in [0.2, 0.25) is 0 Å². The molecule has 0 amide bonds. The molecule has 0 aromatic carbocycles. The number of hydrogen-bond acceptors (Lipinski definition) is 2. The highest BCUT2D eigenvalue weighted by molar-refractivity contribution is 4.66. The molecular formula is C8H19NO. The molecule has 2 N–H and O–H groups in total. The Morgan fingerprint density at radius 1 is 1.20 bits per heavy atom. The van der Waals surface area contributed by atoms with Crippen molar-refractivity contribution in [3.63, 3.8) is 0 Å². The lowest BCUT2D eigenvalue weighted by Gasteiger charge is -2.17. The Labute approximate surface area is 63.6 Å². The molecule has 0 aliphatic carbocycles. The van der Waals surface area contributed by atoms with E-state index in [4.69, 9.17) is 5.11 Å². The average Bonchev–Trinajstić information content (AvgIpc) is 1.82. The van der Waals surface area contributed by atoms with E-state index < -0.39 is 0 Å². The van der Waals surface area contributed by atoms with Gasteiger partial charge in [-0.15, -0.1) is 0 Å². The van der Waals surface area contributed by atoms with Crippen molar-refractivity contribution in [1.29, 1.82) is 0 Å². The quantitative estimate of drug-likeness (QED) is 0.618. The zero-order valence-corrected chi connectivity index (χ0v) is 7.39. The molecule has 0 saturated heterocycles. The lowest BCUT2D eigenvalue weighted by molar-refractivity contribution is 0.151. The average molecular weight is 145 g/mol. The Balaban J connectivity index is 3.30. The zero-order chi connectivity index (χ0) is 8.15. The van der Waals surface area contributed by atoms with Crippen molar-refractivity contribution in [3.8, 4) is 0 Å². The second kappa shape index (κ2) is 4.69. The highest BCUT2D eigenvalue weighted by atomic mass is 16.3. The lowest BCUT2D eigenvalue weighted by atomic mass is 10.1. The maximum Gasteiger partial charge on any atom is 0.0662 e. The van der Waals surface area contributed by atoms with Gasteiger partial charge in [0.15, 0.2) is 0 Å². The van der Waals surface area contributed by atoms with E-state index in [-0.39, 0.29) is 12.1 Å². The van der Waals surface area contributed by atoms with Crippen molar-refractivity contribution in [2.24, 2.45) is 5.92 Å². The summed E-state index contributed by atoms with van der Waals surface area (Å²) in [4.78, 5) is 0. The molecule has 0 fully saturated rings. The molecule has 0 rings (SSSR count). The van der Waals surface area contributed by atoms with Crippen molar-refractivity contribution >= 4 is 0 Å². The molecule has 2 nitrogen and oxygen atoms in total. The summed E-state index contributed by atoms with van der Waals surface area (Å²) >= 11 is 0. The van der Waals surface area contributed by atoms with Crippen LogP contribution in [0.4, 0.5) is 0 Å². The number of aliphatic hydroxyl groups is 1. The van der Waals surface area contributed by atoms with E-state index in [0.29, 0.717) is 5.92 Å². The molecule has 0 radical (unpaired) electrons. The van der Waals surface area contributed by atoms with Gasteiger partial charge in [-0.05, 0) is 26.3 Å². The molecule has 0 aliphatic rings. The first-order valence-corrected chi connectivity index (χ1v) is 3.95. The Morgan fingerprint density at radius 2 is 1.70 bits per heavy atom. The number of hydrogen-bond donors (Lipinski definition) is 2. The first-order chi connectivity index (χ1) is 4.54. The predicted molar refractivity (Wildman–Crippen MR) is 44.0 cm³/mol. The highest BCUT2D eigenvalue weighted by Crippen LogP contribution is 1.93. The smallest absolute Gasteiger partial charge is 0.0662 e. The van der Waals surface area contributed by atoms with Crippen LogP contribution in [0.5, 0.6) is 0 Å². The zero-order valence-electron chi connectivity index (χ0n) is 7.39. The van der Waals surface area contributed by atoms with E-state index >= 15 is 0 Å². The van der Waals surface area contributed by atoms with E-state index in [1.807, 2.05) is 6.92 Å². The monoisotopic (exact) mass is 145 g/mol. The topological polar surface area (TPSA) is 32.3 Å². The molecule has 0 unspecified atom stereocenters. The van der Waals surface area contributed by atoms with Gasteiger partial charge in [-0.2, -0.15) is 0 Å². The molecule has 0 heterocycles. The number of nitrogens with one attached hydrogen (secondary N) is 1. The van der Waals surface area contributed by atoms with Crippen LogP contribution in [0, 0.1) is 5.92 Å². The van der Waals surface area contributed by atoms with Gasteiger partial charge in [-0.25, -0.2) is 0 Å². The van der Waals surface area contributed by atoms with Gasteiger partial charge in [0.2, 0.25) is 0 Å². The molecule has 0 aromatic rings. The van der Waals surface area contributed by atoms with Crippen LogP contribution in [-0.2, 0) is 0 Å². The molecule has 0 spiro atoms. The van der Waals surface area contributed by atoms with E-state index in [1.54, 1.807) is 6.92 Å². The fraction of sp³-hybridized carbons (Fsp3) is 1.00. The minimum absolute atomic E-state index is 0.211. The molecule has 0 aromatic heterocycles. The minimum atomic E-state index is -0.251. The summed E-state index contributed by atoms with van der Waals surface area (Å²) in [7, 11) is 0. The number of rotatable bonds is 4. The molecule has 10 heavy (non-hydrogen) atoms. The molecule has 62 valence electrons.